The minimum Gasteiger partial charge on any atom is -0.492 e. The molecule has 0 saturated carbocycles. The Kier molecular flexibility index (Phi) is 4.14. The smallest absolute Gasteiger partial charge is 0.119 e. The molecule has 1 aliphatic rings. The number of benzene rings is 2. The van der Waals surface area contributed by atoms with E-state index < -0.39 is 0 Å². The second-order valence-corrected chi connectivity index (χ2v) is 6.54. The standard InChI is InChI=1S/C16H15BrOS/c17-10-12-5-7-14(8-6-12)18-11-15-9-13-3-1-2-4-16(13)19-15/h1-8,15H,9-11H2. The van der Waals surface area contributed by atoms with Crippen molar-refractivity contribution in [3.63, 3.8) is 0 Å². The Morgan fingerprint density at radius 3 is 2.63 bits per heavy atom. The molecule has 1 nitrogen and oxygen atoms in total. The molecule has 0 spiro atoms. The van der Waals surface area contributed by atoms with Crippen molar-refractivity contribution in [1.82, 2.24) is 0 Å². The molecular formula is C16H15BrOS. The van der Waals surface area contributed by atoms with Crippen molar-refractivity contribution in [3.05, 3.63) is 59.7 Å². The Labute approximate surface area is 126 Å². The Bertz CT molecular complexity index is 528. The summed E-state index contributed by atoms with van der Waals surface area (Å²) in [6.07, 6.45) is 1.11. The minimum absolute atomic E-state index is 0.535. The normalized spacial score (nSPS) is 17.2. The van der Waals surface area contributed by atoms with Gasteiger partial charge >= 0.3 is 0 Å². The molecule has 19 heavy (non-hydrogen) atoms. The highest BCUT2D eigenvalue weighted by Crippen LogP contribution is 2.36. The lowest BCUT2D eigenvalue weighted by Gasteiger charge is -2.11. The van der Waals surface area contributed by atoms with Crippen LogP contribution in [0.1, 0.15) is 11.1 Å². The van der Waals surface area contributed by atoms with Gasteiger partial charge in [-0.3, -0.25) is 0 Å². The van der Waals surface area contributed by atoms with Gasteiger partial charge in [0.1, 0.15) is 12.4 Å². The SMILES string of the molecule is BrCc1ccc(OCC2Cc3ccccc3S2)cc1. The molecule has 0 aliphatic carbocycles. The van der Waals surface area contributed by atoms with Crippen LogP contribution in [0.4, 0.5) is 0 Å². The van der Waals surface area contributed by atoms with Crippen LogP contribution in [-0.4, -0.2) is 11.9 Å². The molecule has 0 radical (unpaired) electrons. The molecule has 1 heterocycles. The number of fused-ring (bicyclic) bond motifs is 1. The first-order valence-electron chi connectivity index (χ1n) is 6.37. The Balaban J connectivity index is 1.56. The van der Waals surface area contributed by atoms with E-state index in [-0.39, 0.29) is 0 Å². The van der Waals surface area contributed by atoms with Crippen molar-refractivity contribution in [1.29, 1.82) is 0 Å². The maximum Gasteiger partial charge on any atom is 0.119 e. The van der Waals surface area contributed by atoms with Gasteiger partial charge in [0, 0.05) is 15.5 Å². The summed E-state index contributed by atoms with van der Waals surface area (Å²) >= 11 is 5.38. The average Bonchev–Trinajstić information content (AvgIpc) is 2.88. The summed E-state index contributed by atoms with van der Waals surface area (Å²) in [5.74, 6) is 0.959. The summed E-state index contributed by atoms with van der Waals surface area (Å²) in [7, 11) is 0. The second kappa shape index (κ2) is 6.02. The third kappa shape index (κ3) is 3.15. The van der Waals surface area contributed by atoms with Crippen LogP contribution in [0.3, 0.4) is 0 Å². The number of hydrogen-bond acceptors (Lipinski definition) is 2. The summed E-state index contributed by atoms with van der Waals surface area (Å²) in [5, 5.41) is 1.43. The number of hydrogen-bond donors (Lipinski definition) is 0. The van der Waals surface area contributed by atoms with E-state index in [1.54, 1.807) is 0 Å². The third-order valence-electron chi connectivity index (χ3n) is 3.23. The highest BCUT2D eigenvalue weighted by Gasteiger charge is 2.22. The molecule has 0 aromatic heterocycles. The molecule has 0 N–H and O–H groups in total. The summed E-state index contributed by atoms with van der Waals surface area (Å²) in [5.41, 5.74) is 2.73. The van der Waals surface area contributed by atoms with Crippen LogP contribution in [0.2, 0.25) is 0 Å². The van der Waals surface area contributed by atoms with Gasteiger partial charge in [0.2, 0.25) is 0 Å². The van der Waals surface area contributed by atoms with Gasteiger partial charge in [0.15, 0.2) is 0 Å². The molecule has 1 unspecified atom stereocenters. The number of rotatable bonds is 4. The predicted molar refractivity (Wildman–Crippen MR) is 84.4 cm³/mol. The molecule has 98 valence electrons. The lowest BCUT2D eigenvalue weighted by Crippen LogP contribution is -2.13. The van der Waals surface area contributed by atoms with E-state index in [1.807, 2.05) is 23.9 Å². The van der Waals surface area contributed by atoms with Crippen molar-refractivity contribution < 1.29 is 4.74 Å². The maximum atomic E-state index is 5.88. The van der Waals surface area contributed by atoms with Crippen LogP contribution in [0.25, 0.3) is 0 Å². The average molecular weight is 335 g/mol. The number of ether oxygens (including phenoxy) is 1. The Morgan fingerprint density at radius 1 is 1.11 bits per heavy atom. The fraction of sp³-hybridized carbons (Fsp3) is 0.250. The van der Waals surface area contributed by atoms with Gasteiger partial charge in [-0.15, -0.1) is 11.8 Å². The van der Waals surface area contributed by atoms with Gasteiger partial charge in [-0.05, 0) is 35.7 Å². The molecule has 1 atom stereocenters. The summed E-state index contributed by atoms with van der Waals surface area (Å²) < 4.78 is 5.88. The first-order valence-corrected chi connectivity index (χ1v) is 8.37. The first-order chi connectivity index (χ1) is 9.35. The van der Waals surface area contributed by atoms with E-state index in [2.05, 4.69) is 52.3 Å². The quantitative estimate of drug-likeness (QED) is 0.751. The molecule has 3 rings (SSSR count). The van der Waals surface area contributed by atoms with Crippen LogP contribution >= 0.6 is 27.7 Å². The van der Waals surface area contributed by atoms with Crippen molar-refractivity contribution in [3.8, 4) is 5.75 Å². The van der Waals surface area contributed by atoms with Crippen LogP contribution < -0.4 is 4.74 Å². The molecule has 2 aromatic rings. The minimum atomic E-state index is 0.535. The van der Waals surface area contributed by atoms with Crippen molar-refractivity contribution >= 4 is 27.7 Å². The van der Waals surface area contributed by atoms with Crippen molar-refractivity contribution in [2.45, 2.75) is 21.9 Å². The van der Waals surface area contributed by atoms with E-state index >= 15 is 0 Å². The Morgan fingerprint density at radius 2 is 1.89 bits per heavy atom. The molecule has 2 aromatic carbocycles. The molecule has 0 amide bonds. The zero-order valence-electron chi connectivity index (χ0n) is 10.5. The molecule has 1 aliphatic heterocycles. The number of alkyl halides is 1. The topological polar surface area (TPSA) is 9.23 Å². The Hall–Kier alpha value is -0.930. The molecular weight excluding hydrogens is 320 g/mol. The lowest BCUT2D eigenvalue weighted by molar-refractivity contribution is 0.317. The molecule has 0 saturated heterocycles. The molecule has 0 fully saturated rings. The van der Waals surface area contributed by atoms with E-state index in [0.29, 0.717) is 5.25 Å². The van der Waals surface area contributed by atoms with E-state index in [1.165, 1.54) is 16.0 Å². The van der Waals surface area contributed by atoms with Gasteiger partial charge in [-0.2, -0.15) is 0 Å². The summed E-state index contributed by atoms with van der Waals surface area (Å²) in [6, 6.07) is 16.9. The molecule has 0 bridgehead atoms. The summed E-state index contributed by atoms with van der Waals surface area (Å²) in [4.78, 5) is 1.41. The monoisotopic (exact) mass is 334 g/mol. The fourth-order valence-corrected chi connectivity index (χ4v) is 3.80. The lowest BCUT2D eigenvalue weighted by atomic mass is 10.1. The highest BCUT2D eigenvalue weighted by molar-refractivity contribution is 9.08. The van der Waals surface area contributed by atoms with E-state index in [4.69, 9.17) is 4.74 Å². The van der Waals surface area contributed by atoms with Crippen molar-refractivity contribution in [2.24, 2.45) is 0 Å². The number of thioether (sulfide) groups is 1. The van der Waals surface area contributed by atoms with Gasteiger partial charge in [-0.1, -0.05) is 46.3 Å². The van der Waals surface area contributed by atoms with E-state index in [9.17, 15) is 0 Å². The van der Waals surface area contributed by atoms with Crippen LogP contribution in [0.15, 0.2) is 53.4 Å². The summed E-state index contributed by atoms with van der Waals surface area (Å²) in [6.45, 7) is 0.771. The predicted octanol–water partition coefficient (Wildman–Crippen LogP) is 4.68. The second-order valence-electron chi connectivity index (χ2n) is 4.64. The van der Waals surface area contributed by atoms with Crippen molar-refractivity contribution in [2.75, 3.05) is 6.61 Å². The fourth-order valence-electron chi connectivity index (χ4n) is 2.21. The highest BCUT2D eigenvalue weighted by atomic mass is 79.9. The zero-order valence-corrected chi connectivity index (χ0v) is 12.9. The van der Waals surface area contributed by atoms with Gasteiger partial charge in [0.25, 0.3) is 0 Å². The third-order valence-corrected chi connectivity index (χ3v) is 5.16. The largest absolute Gasteiger partial charge is 0.492 e. The van der Waals surface area contributed by atoms with Crippen LogP contribution in [0.5, 0.6) is 5.75 Å². The number of halogens is 1. The van der Waals surface area contributed by atoms with Crippen LogP contribution in [0, 0.1) is 0 Å². The van der Waals surface area contributed by atoms with E-state index in [0.717, 1.165) is 24.1 Å². The maximum absolute atomic E-state index is 5.88. The zero-order chi connectivity index (χ0) is 13.1. The van der Waals surface area contributed by atoms with Gasteiger partial charge < -0.3 is 4.74 Å². The molecule has 3 heteroatoms. The van der Waals surface area contributed by atoms with Gasteiger partial charge in [-0.25, -0.2) is 0 Å². The first kappa shape index (κ1) is 13.1. The van der Waals surface area contributed by atoms with Gasteiger partial charge in [0.05, 0.1) is 0 Å². The van der Waals surface area contributed by atoms with Crippen LogP contribution in [-0.2, 0) is 11.8 Å².